The Bertz CT molecular complexity index is 326. The number of nitrogens with zero attached hydrogens (tertiary/aromatic N) is 1. The smallest absolute Gasteiger partial charge is 0.224 e. The predicted molar refractivity (Wildman–Crippen MR) is 80.2 cm³/mol. The minimum atomic E-state index is 0.00863. The third kappa shape index (κ3) is 4.66. The van der Waals surface area contributed by atoms with Crippen molar-refractivity contribution >= 4 is 5.91 Å². The molecule has 0 aromatic heterocycles. The summed E-state index contributed by atoms with van der Waals surface area (Å²) in [5, 5.41) is 0. The Morgan fingerprint density at radius 1 is 1.24 bits per heavy atom. The Morgan fingerprint density at radius 3 is 2.62 bits per heavy atom. The van der Waals surface area contributed by atoms with Crippen molar-refractivity contribution in [3.8, 4) is 0 Å². The van der Waals surface area contributed by atoms with E-state index in [1.165, 1.54) is 0 Å². The fourth-order valence-corrected chi connectivity index (χ4v) is 3.52. The van der Waals surface area contributed by atoms with Crippen LogP contribution in [0.3, 0.4) is 0 Å². The van der Waals surface area contributed by atoms with Gasteiger partial charge in [0.1, 0.15) is 0 Å². The molecule has 1 atom stereocenters. The van der Waals surface area contributed by atoms with Crippen LogP contribution in [0.2, 0.25) is 0 Å². The molecule has 1 spiro atoms. The molecule has 0 bridgehead atoms. The fraction of sp³-hybridized carbons (Fsp3) is 0.938. The maximum Gasteiger partial charge on any atom is 0.224 e. The maximum atomic E-state index is 12.0. The van der Waals surface area contributed by atoms with Crippen LogP contribution >= 0.6 is 0 Å². The van der Waals surface area contributed by atoms with Crippen molar-refractivity contribution in [2.24, 2.45) is 5.92 Å². The molecular weight excluding hydrogens is 270 g/mol. The summed E-state index contributed by atoms with van der Waals surface area (Å²) in [6, 6.07) is 0. The Morgan fingerprint density at radius 2 is 1.95 bits per heavy atom. The highest BCUT2D eigenvalue weighted by Crippen LogP contribution is 2.38. The molecule has 2 rings (SSSR count). The highest BCUT2D eigenvalue weighted by atomic mass is 16.5. The average molecular weight is 299 g/mol. The van der Waals surface area contributed by atoms with Gasteiger partial charge >= 0.3 is 0 Å². The van der Waals surface area contributed by atoms with Crippen molar-refractivity contribution in [3.05, 3.63) is 0 Å². The summed E-state index contributed by atoms with van der Waals surface area (Å²) in [5.74, 6) is 0.910. The number of carbonyl (C=O) groups is 1. The van der Waals surface area contributed by atoms with E-state index in [0.717, 1.165) is 58.4 Å². The van der Waals surface area contributed by atoms with E-state index in [2.05, 4.69) is 0 Å². The van der Waals surface area contributed by atoms with Crippen LogP contribution in [0.4, 0.5) is 0 Å². The first-order valence-corrected chi connectivity index (χ1v) is 8.09. The highest BCUT2D eigenvalue weighted by Gasteiger charge is 2.40. The van der Waals surface area contributed by atoms with E-state index in [-0.39, 0.29) is 11.5 Å². The fourth-order valence-electron chi connectivity index (χ4n) is 3.52. The van der Waals surface area contributed by atoms with Gasteiger partial charge in [-0.1, -0.05) is 0 Å². The van der Waals surface area contributed by atoms with Crippen LogP contribution in [-0.2, 0) is 19.0 Å². The van der Waals surface area contributed by atoms with Crippen molar-refractivity contribution in [1.29, 1.82) is 0 Å². The van der Waals surface area contributed by atoms with Gasteiger partial charge < -0.3 is 19.1 Å². The van der Waals surface area contributed by atoms with Gasteiger partial charge in [-0.3, -0.25) is 4.79 Å². The van der Waals surface area contributed by atoms with E-state index < -0.39 is 0 Å². The second-order valence-corrected chi connectivity index (χ2v) is 6.30. The molecule has 5 heteroatoms. The molecule has 5 nitrogen and oxygen atoms in total. The van der Waals surface area contributed by atoms with Crippen LogP contribution in [0, 0.1) is 5.92 Å². The second kappa shape index (κ2) is 8.11. The van der Waals surface area contributed by atoms with Gasteiger partial charge in [0.2, 0.25) is 5.91 Å². The van der Waals surface area contributed by atoms with Crippen molar-refractivity contribution in [1.82, 2.24) is 4.90 Å². The molecule has 1 unspecified atom stereocenters. The number of piperidine rings is 1. The first-order valence-electron chi connectivity index (χ1n) is 8.09. The van der Waals surface area contributed by atoms with Gasteiger partial charge in [-0.25, -0.2) is 0 Å². The number of hydrogen-bond acceptors (Lipinski definition) is 4. The minimum absolute atomic E-state index is 0.00863. The molecule has 2 aliphatic heterocycles. The van der Waals surface area contributed by atoms with Crippen molar-refractivity contribution in [2.45, 2.75) is 44.1 Å². The molecule has 1 amide bonds. The highest BCUT2D eigenvalue weighted by molar-refractivity contribution is 5.76. The lowest BCUT2D eigenvalue weighted by atomic mass is 9.78. The summed E-state index contributed by atoms with van der Waals surface area (Å²) in [4.78, 5) is 14.0. The number of carbonyl (C=O) groups excluding carboxylic acids is 1. The van der Waals surface area contributed by atoms with Crippen LogP contribution in [0.25, 0.3) is 0 Å². The first-order chi connectivity index (χ1) is 10.2. The lowest BCUT2D eigenvalue weighted by Gasteiger charge is -2.46. The Balaban J connectivity index is 1.80. The lowest BCUT2D eigenvalue weighted by molar-refractivity contribution is -0.148. The number of rotatable bonds is 6. The molecule has 2 heterocycles. The summed E-state index contributed by atoms with van der Waals surface area (Å²) >= 11 is 0. The normalized spacial score (nSPS) is 25.2. The lowest BCUT2D eigenvalue weighted by Crippen LogP contribution is -2.51. The molecule has 2 aliphatic rings. The zero-order valence-electron chi connectivity index (χ0n) is 13.4. The molecule has 0 aliphatic carbocycles. The minimum Gasteiger partial charge on any atom is -0.385 e. The van der Waals surface area contributed by atoms with E-state index in [1.54, 1.807) is 14.2 Å². The molecule has 2 saturated heterocycles. The largest absolute Gasteiger partial charge is 0.385 e. The topological polar surface area (TPSA) is 48.0 Å². The Kier molecular flexibility index (Phi) is 6.45. The number of methoxy groups -OCH3 is 2. The molecule has 0 radical (unpaired) electrons. The van der Waals surface area contributed by atoms with Crippen molar-refractivity contribution < 1.29 is 19.0 Å². The summed E-state index contributed by atoms with van der Waals surface area (Å²) in [7, 11) is 3.40. The number of amides is 1. The number of hydrogen-bond donors (Lipinski definition) is 0. The van der Waals surface area contributed by atoms with Crippen LogP contribution in [0.5, 0.6) is 0 Å². The van der Waals surface area contributed by atoms with Crippen molar-refractivity contribution in [3.63, 3.8) is 0 Å². The molecule has 0 N–H and O–H groups in total. The monoisotopic (exact) mass is 299 g/mol. The zero-order valence-corrected chi connectivity index (χ0v) is 13.4. The summed E-state index contributed by atoms with van der Waals surface area (Å²) in [6.07, 6.45) is 5.81. The van der Waals surface area contributed by atoms with Gasteiger partial charge in [0.15, 0.2) is 0 Å². The molecular formula is C16H29NO4. The van der Waals surface area contributed by atoms with E-state index in [4.69, 9.17) is 14.2 Å². The van der Waals surface area contributed by atoms with E-state index in [0.29, 0.717) is 18.9 Å². The van der Waals surface area contributed by atoms with Gasteiger partial charge in [-0.15, -0.1) is 0 Å². The molecule has 0 aromatic carbocycles. The third-order valence-electron chi connectivity index (χ3n) is 4.87. The predicted octanol–water partition coefficient (Wildman–Crippen LogP) is 1.85. The van der Waals surface area contributed by atoms with E-state index in [9.17, 15) is 4.79 Å². The molecule has 122 valence electrons. The van der Waals surface area contributed by atoms with Gasteiger partial charge in [0.05, 0.1) is 18.6 Å². The molecule has 0 aromatic rings. The number of ether oxygens (including phenoxy) is 3. The Hall–Kier alpha value is -0.650. The van der Waals surface area contributed by atoms with E-state index in [1.807, 2.05) is 4.90 Å². The van der Waals surface area contributed by atoms with Crippen LogP contribution < -0.4 is 0 Å². The SMILES string of the molecule is COCCC(=O)N1CCC2(CC1)CC(CCOC)CCO2. The first kappa shape index (κ1) is 16.7. The van der Waals surface area contributed by atoms with Crippen LogP contribution in [0.15, 0.2) is 0 Å². The average Bonchev–Trinajstić information content (AvgIpc) is 2.51. The summed E-state index contributed by atoms with van der Waals surface area (Å²) in [5.41, 5.74) is 0.00863. The van der Waals surface area contributed by atoms with Gasteiger partial charge in [-0.2, -0.15) is 0 Å². The molecule has 2 fully saturated rings. The van der Waals surface area contributed by atoms with Gasteiger partial charge in [0.25, 0.3) is 0 Å². The van der Waals surface area contributed by atoms with Crippen molar-refractivity contribution in [2.75, 3.05) is 47.1 Å². The van der Waals surface area contributed by atoms with Crippen LogP contribution in [-0.4, -0.2) is 63.5 Å². The standard InChI is InChI=1S/C16H29NO4/c1-19-10-3-14-4-12-21-16(13-14)6-8-17(9-7-16)15(18)5-11-20-2/h14H,3-13H2,1-2H3. The van der Waals surface area contributed by atoms with E-state index >= 15 is 0 Å². The second-order valence-electron chi connectivity index (χ2n) is 6.30. The summed E-state index contributed by atoms with van der Waals surface area (Å²) < 4.78 is 16.3. The van der Waals surface area contributed by atoms with Crippen LogP contribution in [0.1, 0.15) is 38.5 Å². The molecule has 0 saturated carbocycles. The zero-order chi connectivity index (χ0) is 15.1. The van der Waals surface area contributed by atoms with Gasteiger partial charge in [0, 0.05) is 40.5 Å². The maximum absolute atomic E-state index is 12.0. The third-order valence-corrected chi connectivity index (χ3v) is 4.87. The quantitative estimate of drug-likeness (QED) is 0.751. The number of likely N-dealkylation sites (tertiary alicyclic amines) is 1. The Labute approximate surface area is 127 Å². The summed E-state index contributed by atoms with van der Waals surface area (Å²) in [6.45, 7) is 3.84. The molecule has 21 heavy (non-hydrogen) atoms. The van der Waals surface area contributed by atoms with Gasteiger partial charge in [-0.05, 0) is 38.0 Å².